The SMILES string of the molecule is C/C(=C/C(=O)Nc1ccccc1CN1CCCC(C(N)=O)C1)C12CC3CC(CC(C3)C1)C2. The zero-order valence-corrected chi connectivity index (χ0v) is 19.3. The van der Waals surface area contributed by atoms with Crippen LogP contribution in [0.2, 0.25) is 0 Å². The minimum absolute atomic E-state index is 0.0145. The van der Waals surface area contributed by atoms with Gasteiger partial charge in [-0.1, -0.05) is 23.8 Å². The number of nitrogens with zero attached hydrogens (tertiary/aromatic N) is 1. The van der Waals surface area contributed by atoms with Crippen molar-refractivity contribution >= 4 is 17.5 Å². The van der Waals surface area contributed by atoms with Crippen molar-refractivity contribution in [1.29, 1.82) is 0 Å². The van der Waals surface area contributed by atoms with Crippen molar-refractivity contribution in [3.8, 4) is 0 Å². The van der Waals surface area contributed by atoms with Gasteiger partial charge in [-0.3, -0.25) is 14.5 Å². The van der Waals surface area contributed by atoms with Crippen molar-refractivity contribution in [2.24, 2.45) is 34.8 Å². The first-order valence-electron chi connectivity index (χ1n) is 12.5. The van der Waals surface area contributed by atoms with Crippen molar-refractivity contribution < 1.29 is 9.59 Å². The molecule has 1 aromatic rings. The lowest BCUT2D eigenvalue weighted by Gasteiger charge is -2.57. The number of likely N-dealkylation sites (tertiary alicyclic amines) is 1. The molecule has 2 amide bonds. The van der Waals surface area contributed by atoms with E-state index in [1.165, 1.54) is 44.1 Å². The molecule has 32 heavy (non-hydrogen) atoms. The summed E-state index contributed by atoms with van der Waals surface area (Å²) in [5.74, 6) is 2.34. The number of para-hydroxylation sites is 1. The lowest BCUT2D eigenvalue weighted by atomic mass is 9.48. The summed E-state index contributed by atoms with van der Waals surface area (Å²) in [6.07, 6.45) is 11.8. The van der Waals surface area contributed by atoms with E-state index in [4.69, 9.17) is 5.73 Å². The summed E-state index contributed by atoms with van der Waals surface area (Å²) in [6.45, 7) is 4.56. The normalized spacial score (nSPS) is 34.5. The van der Waals surface area contributed by atoms with Gasteiger partial charge in [0.15, 0.2) is 0 Å². The summed E-state index contributed by atoms with van der Waals surface area (Å²) in [6, 6.07) is 8.03. The van der Waals surface area contributed by atoms with Crippen LogP contribution in [0.3, 0.4) is 0 Å². The van der Waals surface area contributed by atoms with E-state index >= 15 is 0 Å². The Morgan fingerprint density at radius 1 is 1.12 bits per heavy atom. The monoisotopic (exact) mass is 435 g/mol. The Balaban J connectivity index is 1.26. The second-order valence-electron chi connectivity index (χ2n) is 11.1. The summed E-state index contributed by atoms with van der Waals surface area (Å²) < 4.78 is 0. The van der Waals surface area contributed by atoms with Crippen LogP contribution in [0.25, 0.3) is 0 Å². The highest BCUT2D eigenvalue weighted by molar-refractivity contribution is 6.00. The first-order chi connectivity index (χ1) is 15.4. The van der Waals surface area contributed by atoms with E-state index in [0.29, 0.717) is 6.54 Å². The van der Waals surface area contributed by atoms with Crippen LogP contribution in [0.4, 0.5) is 5.69 Å². The molecular formula is C27H37N3O2. The molecule has 4 bridgehead atoms. The molecular weight excluding hydrogens is 398 g/mol. The highest BCUT2D eigenvalue weighted by Gasteiger charge is 2.51. The van der Waals surface area contributed by atoms with Crippen LogP contribution in [-0.2, 0) is 16.1 Å². The van der Waals surface area contributed by atoms with Gasteiger partial charge in [-0.05, 0) is 99.6 Å². The molecule has 1 atom stereocenters. The van der Waals surface area contributed by atoms with Gasteiger partial charge in [-0.25, -0.2) is 0 Å². The third kappa shape index (κ3) is 4.36. The van der Waals surface area contributed by atoms with E-state index in [-0.39, 0.29) is 23.1 Å². The molecule has 1 heterocycles. The summed E-state index contributed by atoms with van der Waals surface area (Å²) in [4.78, 5) is 26.9. The maximum Gasteiger partial charge on any atom is 0.248 e. The number of carbonyl (C=O) groups excluding carboxylic acids is 2. The first-order valence-corrected chi connectivity index (χ1v) is 12.5. The zero-order valence-electron chi connectivity index (χ0n) is 19.3. The Morgan fingerprint density at radius 2 is 1.78 bits per heavy atom. The molecule has 1 unspecified atom stereocenters. The van der Waals surface area contributed by atoms with Crippen molar-refractivity contribution in [3.05, 3.63) is 41.5 Å². The second kappa shape index (κ2) is 8.66. The quantitative estimate of drug-likeness (QED) is 0.647. The number of carbonyl (C=O) groups is 2. The number of nitrogens with two attached hydrogens (primary N) is 1. The lowest BCUT2D eigenvalue weighted by Crippen LogP contribution is -2.46. The minimum Gasteiger partial charge on any atom is -0.369 e. The van der Waals surface area contributed by atoms with Gasteiger partial charge in [-0.15, -0.1) is 0 Å². The standard InChI is InChI=1S/C27H37N3O2/c1-18(27-13-19-10-20(14-27)12-21(11-19)15-27)9-25(31)29-24-7-3-2-5-22(24)16-30-8-4-6-23(17-30)26(28)32/h2-3,5,7,9,19-21,23H,4,6,8,10-17H2,1H3,(H2,28,32)(H,29,31)/b18-9-. The number of hydrogen-bond donors (Lipinski definition) is 2. The molecule has 1 aromatic carbocycles. The van der Waals surface area contributed by atoms with Crippen LogP contribution in [0.15, 0.2) is 35.9 Å². The number of nitrogens with one attached hydrogen (secondary N) is 1. The number of primary amides is 1. The van der Waals surface area contributed by atoms with E-state index < -0.39 is 0 Å². The van der Waals surface area contributed by atoms with E-state index in [2.05, 4.69) is 23.2 Å². The number of anilines is 1. The lowest BCUT2D eigenvalue weighted by molar-refractivity contribution is -0.123. The molecule has 6 rings (SSSR count). The Labute approximate surface area is 191 Å². The third-order valence-corrected chi connectivity index (χ3v) is 8.80. The fraction of sp³-hybridized carbons (Fsp3) is 0.630. The molecule has 5 heteroatoms. The minimum atomic E-state index is -0.207. The van der Waals surface area contributed by atoms with E-state index in [1.807, 2.05) is 24.3 Å². The average molecular weight is 436 g/mol. The Hall–Kier alpha value is -2.14. The summed E-state index contributed by atoms with van der Waals surface area (Å²) >= 11 is 0. The largest absolute Gasteiger partial charge is 0.369 e. The number of amides is 2. The molecule has 1 saturated heterocycles. The van der Waals surface area contributed by atoms with Crippen molar-refractivity contribution in [2.75, 3.05) is 18.4 Å². The number of allylic oxidation sites excluding steroid dienone is 1. The molecule has 5 aliphatic rings. The molecule has 4 aliphatic carbocycles. The van der Waals surface area contributed by atoms with E-state index in [0.717, 1.165) is 54.9 Å². The van der Waals surface area contributed by atoms with Gasteiger partial charge in [-0.2, -0.15) is 0 Å². The third-order valence-electron chi connectivity index (χ3n) is 8.80. The first kappa shape index (κ1) is 21.7. The second-order valence-corrected chi connectivity index (χ2v) is 11.1. The molecule has 1 aliphatic heterocycles. The molecule has 0 aromatic heterocycles. The van der Waals surface area contributed by atoms with Crippen LogP contribution in [0, 0.1) is 29.1 Å². The Bertz CT molecular complexity index is 886. The molecule has 0 radical (unpaired) electrons. The molecule has 0 spiro atoms. The average Bonchev–Trinajstić information content (AvgIpc) is 2.74. The van der Waals surface area contributed by atoms with Crippen molar-refractivity contribution in [2.45, 2.75) is 64.8 Å². The number of piperidine rings is 1. The fourth-order valence-corrected chi connectivity index (χ4v) is 7.56. The van der Waals surface area contributed by atoms with Gasteiger partial charge in [0.1, 0.15) is 0 Å². The van der Waals surface area contributed by atoms with E-state index in [1.54, 1.807) is 0 Å². The topological polar surface area (TPSA) is 75.4 Å². The molecule has 5 fully saturated rings. The van der Waals surface area contributed by atoms with Crippen LogP contribution in [0.1, 0.15) is 63.9 Å². The van der Waals surface area contributed by atoms with Gasteiger partial charge in [0, 0.05) is 24.9 Å². The number of hydrogen-bond acceptors (Lipinski definition) is 3. The predicted molar refractivity (Wildman–Crippen MR) is 127 cm³/mol. The summed E-state index contributed by atoms with van der Waals surface area (Å²) in [7, 11) is 0. The van der Waals surface area contributed by atoms with E-state index in [9.17, 15) is 9.59 Å². The van der Waals surface area contributed by atoms with Gasteiger partial charge in [0.25, 0.3) is 0 Å². The Morgan fingerprint density at radius 3 is 2.44 bits per heavy atom. The molecule has 172 valence electrons. The van der Waals surface area contributed by atoms with Crippen molar-refractivity contribution in [3.63, 3.8) is 0 Å². The van der Waals surface area contributed by atoms with Crippen LogP contribution < -0.4 is 11.1 Å². The highest BCUT2D eigenvalue weighted by Crippen LogP contribution is 2.62. The van der Waals surface area contributed by atoms with Crippen LogP contribution in [-0.4, -0.2) is 29.8 Å². The molecule has 5 nitrogen and oxygen atoms in total. The number of rotatable bonds is 6. The summed E-state index contributed by atoms with van der Waals surface area (Å²) in [5, 5.41) is 3.16. The Kier molecular flexibility index (Phi) is 5.87. The molecule has 3 N–H and O–H groups in total. The van der Waals surface area contributed by atoms with Gasteiger partial charge >= 0.3 is 0 Å². The smallest absolute Gasteiger partial charge is 0.248 e. The fourth-order valence-electron chi connectivity index (χ4n) is 7.56. The summed E-state index contributed by atoms with van der Waals surface area (Å²) in [5.41, 5.74) is 9.05. The number of benzene rings is 1. The maximum absolute atomic E-state index is 13.0. The molecule has 4 saturated carbocycles. The van der Waals surface area contributed by atoms with Crippen LogP contribution in [0.5, 0.6) is 0 Å². The van der Waals surface area contributed by atoms with Gasteiger partial charge in [0.2, 0.25) is 11.8 Å². The van der Waals surface area contributed by atoms with Gasteiger partial charge < -0.3 is 11.1 Å². The predicted octanol–water partition coefficient (Wildman–Crippen LogP) is 4.49. The van der Waals surface area contributed by atoms with Crippen LogP contribution >= 0.6 is 0 Å². The maximum atomic E-state index is 13.0. The highest BCUT2D eigenvalue weighted by atomic mass is 16.1. The zero-order chi connectivity index (χ0) is 22.3. The van der Waals surface area contributed by atoms with Gasteiger partial charge in [0.05, 0.1) is 5.92 Å². The van der Waals surface area contributed by atoms with Crippen molar-refractivity contribution in [1.82, 2.24) is 4.90 Å².